The highest BCUT2D eigenvalue weighted by Gasteiger charge is 2.27. The third-order valence-electron chi connectivity index (χ3n) is 9.40. The Kier molecular flexibility index (Phi) is 8.67. The molecule has 1 aromatic carbocycles. The molecule has 3 aliphatic rings. The average molecular weight is 559 g/mol. The second kappa shape index (κ2) is 12.7. The van der Waals surface area contributed by atoms with Gasteiger partial charge in [-0.15, -0.1) is 0 Å². The quantitative estimate of drug-likeness (QED) is 0.395. The van der Waals surface area contributed by atoms with Crippen LogP contribution in [0.1, 0.15) is 66.8 Å². The lowest BCUT2D eigenvalue weighted by Gasteiger charge is -2.30. The summed E-state index contributed by atoms with van der Waals surface area (Å²) in [7, 11) is 1.89. The summed E-state index contributed by atoms with van der Waals surface area (Å²) in [5.41, 5.74) is 4.88. The molecule has 3 fully saturated rings. The minimum atomic E-state index is 0.0545. The largest absolute Gasteiger partial charge is 0.381 e. The molecule has 2 saturated heterocycles. The van der Waals surface area contributed by atoms with Gasteiger partial charge in [0.05, 0.1) is 24.3 Å². The number of carbonyl (C=O) groups is 2. The highest BCUT2D eigenvalue weighted by Crippen LogP contribution is 2.38. The molecule has 3 aromatic rings. The van der Waals surface area contributed by atoms with E-state index in [0.29, 0.717) is 56.0 Å². The van der Waals surface area contributed by atoms with Crippen LogP contribution >= 0.6 is 0 Å². The van der Waals surface area contributed by atoms with Gasteiger partial charge in [-0.3, -0.25) is 14.6 Å². The fourth-order valence-corrected chi connectivity index (χ4v) is 6.77. The number of amides is 2. The SMILES string of the molecule is CN(C(=O)CC1CCOCC1)c1ccc(C2CCC(Cn3cc(C(=O)N4CCOCC4)c4ncccc43)CC2)cc1. The number of aromatic nitrogens is 2. The Morgan fingerprint density at radius 2 is 1.61 bits per heavy atom. The summed E-state index contributed by atoms with van der Waals surface area (Å²) in [5.74, 6) is 1.80. The average Bonchev–Trinajstić information content (AvgIpc) is 3.40. The first-order valence-electron chi connectivity index (χ1n) is 15.3. The smallest absolute Gasteiger partial charge is 0.257 e. The number of hydrogen-bond acceptors (Lipinski definition) is 5. The van der Waals surface area contributed by atoms with E-state index in [1.165, 1.54) is 5.56 Å². The van der Waals surface area contributed by atoms with Crippen molar-refractivity contribution in [3.63, 3.8) is 0 Å². The van der Waals surface area contributed by atoms with Crippen molar-refractivity contribution in [1.82, 2.24) is 14.5 Å². The lowest BCUT2D eigenvalue weighted by Crippen LogP contribution is -2.40. The fraction of sp³-hybridized carbons (Fsp3) is 0.545. The van der Waals surface area contributed by atoms with Gasteiger partial charge in [-0.1, -0.05) is 12.1 Å². The predicted molar refractivity (Wildman–Crippen MR) is 159 cm³/mol. The van der Waals surface area contributed by atoms with Crippen molar-refractivity contribution in [3.05, 3.63) is 59.9 Å². The summed E-state index contributed by atoms with van der Waals surface area (Å²) in [6.07, 6.45) is 11.0. The molecule has 6 rings (SSSR count). The number of anilines is 1. The second-order valence-electron chi connectivity index (χ2n) is 12.0. The van der Waals surface area contributed by atoms with Crippen LogP contribution in [0.4, 0.5) is 5.69 Å². The van der Waals surface area contributed by atoms with Gasteiger partial charge in [-0.05, 0) is 86.1 Å². The number of hydrogen-bond donors (Lipinski definition) is 0. The lowest BCUT2D eigenvalue weighted by molar-refractivity contribution is -0.119. The fourth-order valence-electron chi connectivity index (χ4n) is 6.77. The molecule has 0 radical (unpaired) electrons. The number of morpholine rings is 1. The van der Waals surface area contributed by atoms with Crippen LogP contribution < -0.4 is 4.90 Å². The van der Waals surface area contributed by atoms with Crippen molar-refractivity contribution < 1.29 is 19.1 Å². The van der Waals surface area contributed by atoms with Gasteiger partial charge >= 0.3 is 0 Å². The van der Waals surface area contributed by atoms with Crippen molar-refractivity contribution in [3.8, 4) is 0 Å². The van der Waals surface area contributed by atoms with Crippen molar-refractivity contribution in [2.24, 2.45) is 11.8 Å². The minimum Gasteiger partial charge on any atom is -0.381 e. The van der Waals surface area contributed by atoms with Crippen molar-refractivity contribution in [1.29, 1.82) is 0 Å². The number of fused-ring (bicyclic) bond motifs is 1. The van der Waals surface area contributed by atoms with Gasteiger partial charge in [-0.2, -0.15) is 0 Å². The third-order valence-corrected chi connectivity index (χ3v) is 9.40. The summed E-state index contributed by atoms with van der Waals surface area (Å²) in [6, 6.07) is 12.7. The molecule has 0 atom stereocenters. The van der Waals surface area contributed by atoms with Gasteiger partial charge in [0.2, 0.25) is 5.91 Å². The Bertz CT molecular complexity index is 1330. The first-order chi connectivity index (χ1) is 20.1. The van der Waals surface area contributed by atoms with Crippen LogP contribution in [0.3, 0.4) is 0 Å². The summed E-state index contributed by atoms with van der Waals surface area (Å²) >= 11 is 0. The normalized spacial score (nSPS) is 22.1. The molecule has 218 valence electrons. The first-order valence-corrected chi connectivity index (χ1v) is 15.3. The summed E-state index contributed by atoms with van der Waals surface area (Å²) in [4.78, 5) is 34.4. The number of rotatable bonds is 7. The van der Waals surface area contributed by atoms with Gasteiger partial charge in [0.15, 0.2) is 0 Å². The van der Waals surface area contributed by atoms with Crippen LogP contribution in [0.25, 0.3) is 11.0 Å². The highest BCUT2D eigenvalue weighted by atomic mass is 16.5. The van der Waals surface area contributed by atoms with Gasteiger partial charge in [-0.25, -0.2) is 0 Å². The second-order valence-corrected chi connectivity index (χ2v) is 12.0. The van der Waals surface area contributed by atoms with Crippen LogP contribution in [0.2, 0.25) is 0 Å². The molecular weight excluding hydrogens is 516 g/mol. The molecule has 4 heterocycles. The Hall–Kier alpha value is -3.23. The Balaban J connectivity index is 1.05. The van der Waals surface area contributed by atoms with E-state index in [1.54, 1.807) is 6.20 Å². The molecule has 2 aromatic heterocycles. The molecule has 0 bridgehead atoms. The summed E-state index contributed by atoms with van der Waals surface area (Å²) in [5, 5.41) is 0. The Morgan fingerprint density at radius 1 is 0.902 bits per heavy atom. The van der Waals surface area contributed by atoms with E-state index < -0.39 is 0 Å². The van der Waals surface area contributed by atoms with E-state index in [1.807, 2.05) is 29.1 Å². The maximum Gasteiger partial charge on any atom is 0.257 e. The molecule has 41 heavy (non-hydrogen) atoms. The van der Waals surface area contributed by atoms with Crippen LogP contribution in [0, 0.1) is 11.8 Å². The molecule has 1 saturated carbocycles. The standard InChI is InChI=1S/C33H42N4O4/c1-35(31(38)21-24-12-17-40-18-13-24)28-10-8-27(9-11-28)26-6-4-25(5-7-26)22-37-23-29(32-30(37)3-2-14-34-32)33(39)36-15-19-41-20-16-36/h2-3,8-11,14,23-26H,4-7,12-13,15-22H2,1H3. The van der Waals surface area contributed by atoms with E-state index in [0.717, 1.165) is 75.0 Å². The lowest BCUT2D eigenvalue weighted by atomic mass is 9.78. The van der Waals surface area contributed by atoms with Crippen LogP contribution in [0.5, 0.6) is 0 Å². The van der Waals surface area contributed by atoms with E-state index in [-0.39, 0.29) is 11.8 Å². The maximum atomic E-state index is 13.3. The summed E-state index contributed by atoms with van der Waals surface area (Å²) < 4.78 is 13.1. The van der Waals surface area contributed by atoms with Gasteiger partial charge in [0.25, 0.3) is 5.91 Å². The number of ether oxygens (including phenoxy) is 2. The third kappa shape index (κ3) is 6.33. The topological polar surface area (TPSA) is 76.9 Å². The highest BCUT2D eigenvalue weighted by molar-refractivity contribution is 6.05. The van der Waals surface area contributed by atoms with Gasteiger partial charge in [0.1, 0.15) is 5.52 Å². The van der Waals surface area contributed by atoms with E-state index >= 15 is 0 Å². The van der Waals surface area contributed by atoms with E-state index in [2.05, 4.69) is 39.9 Å². The first kappa shape index (κ1) is 27.9. The molecular formula is C33H42N4O4. The molecule has 2 aliphatic heterocycles. The molecule has 0 unspecified atom stereocenters. The zero-order chi connectivity index (χ0) is 28.2. The van der Waals surface area contributed by atoms with E-state index in [4.69, 9.17) is 9.47 Å². The van der Waals surface area contributed by atoms with Crippen LogP contribution in [-0.4, -0.2) is 72.8 Å². The molecule has 8 nitrogen and oxygen atoms in total. The Labute approximate surface area is 242 Å². The number of nitrogens with zero attached hydrogens (tertiary/aromatic N) is 4. The molecule has 0 N–H and O–H groups in total. The van der Waals surface area contributed by atoms with Crippen LogP contribution in [0.15, 0.2) is 48.8 Å². The van der Waals surface area contributed by atoms with Crippen molar-refractivity contribution >= 4 is 28.5 Å². The number of pyridine rings is 1. The van der Waals surface area contributed by atoms with Gasteiger partial charge < -0.3 is 23.8 Å². The maximum absolute atomic E-state index is 13.3. The monoisotopic (exact) mass is 558 g/mol. The van der Waals surface area contributed by atoms with Crippen molar-refractivity contribution in [2.45, 2.75) is 57.4 Å². The van der Waals surface area contributed by atoms with E-state index in [9.17, 15) is 9.59 Å². The minimum absolute atomic E-state index is 0.0545. The molecule has 8 heteroatoms. The van der Waals surface area contributed by atoms with Gasteiger partial charge in [0, 0.05) is 64.4 Å². The Morgan fingerprint density at radius 3 is 2.34 bits per heavy atom. The zero-order valence-corrected chi connectivity index (χ0v) is 24.2. The predicted octanol–water partition coefficient (Wildman–Crippen LogP) is 5.26. The number of benzene rings is 1. The molecule has 1 aliphatic carbocycles. The number of carbonyl (C=O) groups excluding carboxylic acids is 2. The van der Waals surface area contributed by atoms with Crippen molar-refractivity contribution in [2.75, 3.05) is 51.5 Å². The molecule has 0 spiro atoms. The van der Waals surface area contributed by atoms with Crippen LogP contribution in [-0.2, 0) is 20.8 Å². The molecule has 2 amide bonds. The zero-order valence-electron chi connectivity index (χ0n) is 24.2. The summed E-state index contributed by atoms with van der Waals surface area (Å²) in [6.45, 7) is 4.90.